The molecule has 12 rings (SSSR count). The summed E-state index contributed by atoms with van der Waals surface area (Å²) in [6, 6.07) is 64.5. The minimum atomic E-state index is 1.17. The summed E-state index contributed by atoms with van der Waals surface area (Å²) < 4.78 is 7.38. The minimum Gasteiger partial charge on any atom is -0.309 e. The van der Waals surface area contributed by atoms with Gasteiger partial charge in [-0.05, 0) is 60.2 Å². The van der Waals surface area contributed by atoms with Crippen LogP contribution in [0, 0.1) is 0 Å². The number of aromatic nitrogens is 3. The van der Waals surface area contributed by atoms with Crippen LogP contribution < -0.4 is 0 Å². The summed E-state index contributed by atoms with van der Waals surface area (Å²) in [6.07, 6.45) is 0. The average Bonchev–Trinajstić information content (AvgIpc) is 3.92. The van der Waals surface area contributed by atoms with Crippen molar-refractivity contribution in [1.29, 1.82) is 0 Å². The Hall–Kier alpha value is -6.84. The van der Waals surface area contributed by atoms with E-state index >= 15 is 0 Å². The van der Waals surface area contributed by atoms with Gasteiger partial charge in [0.1, 0.15) is 0 Å². The van der Waals surface area contributed by atoms with Crippen molar-refractivity contribution in [1.82, 2.24) is 13.5 Å². The van der Waals surface area contributed by atoms with Gasteiger partial charge in [-0.25, -0.2) is 0 Å². The third-order valence-corrected chi connectivity index (χ3v) is 11.1. The zero-order chi connectivity index (χ0) is 33.2. The average molecular weight is 648 g/mol. The van der Waals surface area contributed by atoms with Gasteiger partial charge in [-0.2, -0.15) is 0 Å². The number of fused-ring (bicyclic) bond motifs is 13. The van der Waals surface area contributed by atoms with E-state index < -0.39 is 0 Å². The summed E-state index contributed by atoms with van der Waals surface area (Å²) in [5, 5.41) is 10.3. The van der Waals surface area contributed by atoms with Gasteiger partial charge in [-0.15, -0.1) is 0 Å². The fourth-order valence-corrected chi connectivity index (χ4v) is 9.15. The number of hydrogen-bond donors (Lipinski definition) is 0. The van der Waals surface area contributed by atoms with Gasteiger partial charge in [0.05, 0.1) is 38.6 Å². The van der Waals surface area contributed by atoms with Crippen molar-refractivity contribution in [3.05, 3.63) is 176 Å². The van der Waals surface area contributed by atoms with Crippen LogP contribution >= 0.6 is 0 Å². The number of benzene rings is 8. The molecule has 0 saturated carbocycles. The summed E-state index contributed by atoms with van der Waals surface area (Å²) in [6.45, 7) is 0. The Labute approximate surface area is 292 Å². The molecule has 0 N–H and O–H groups in total. The fraction of sp³-hybridized carbons (Fsp3) is 0. The lowest BCUT2D eigenvalue weighted by molar-refractivity contribution is 1.18. The second-order valence-electron chi connectivity index (χ2n) is 13.7. The molecule has 8 aromatic carbocycles. The van der Waals surface area contributed by atoms with Crippen LogP contribution in [0.5, 0.6) is 0 Å². The highest BCUT2D eigenvalue weighted by molar-refractivity contribution is 6.33. The van der Waals surface area contributed by atoms with E-state index in [0.717, 1.165) is 0 Å². The molecule has 0 amide bonds. The standard InChI is InChI=1S/C48H29N3/c1-3-13-31(14-4-1)49-41-24-10-8-18-38(41)45-42(49)27-28-43-46(45)39-22-12-21-37-36-20-11-19-33(47(36)51(43)48(37)39)30-25-26-35-34-17-7-9-23-40(34)50(44(35)29-30)32-15-5-2-6-16-32/h1-29H. The van der Waals surface area contributed by atoms with Crippen LogP contribution in [-0.2, 0) is 0 Å². The molecule has 3 heteroatoms. The molecule has 12 aromatic rings. The van der Waals surface area contributed by atoms with E-state index in [0.29, 0.717) is 0 Å². The molecule has 0 aliphatic heterocycles. The van der Waals surface area contributed by atoms with E-state index in [2.05, 4.69) is 189 Å². The summed E-state index contributed by atoms with van der Waals surface area (Å²) in [5.74, 6) is 0. The molecular weight excluding hydrogens is 619 g/mol. The van der Waals surface area contributed by atoms with Gasteiger partial charge in [0.2, 0.25) is 0 Å². The first kappa shape index (κ1) is 27.0. The molecule has 4 heterocycles. The van der Waals surface area contributed by atoms with Crippen molar-refractivity contribution in [3.8, 4) is 22.5 Å². The third kappa shape index (κ3) is 3.47. The molecule has 0 aliphatic carbocycles. The lowest BCUT2D eigenvalue weighted by Crippen LogP contribution is -1.93. The molecule has 0 unspecified atom stereocenters. The van der Waals surface area contributed by atoms with Crippen LogP contribution in [0.2, 0.25) is 0 Å². The van der Waals surface area contributed by atoms with Crippen molar-refractivity contribution in [3.63, 3.8) is 0 Å². The molecule has 236 valence electrons. The largest absolute Gasteiger partial charge is 0.309 e. The van der Waals surface area contributed by atoms with E-state index in [1.807, 2.05) is 0 Å². The van der Waals surface area contributed by atoms with E-state index in [9.17, 15) is 0 Å². The second-order valence-corrected chi connectivity index (χ2v) is 13.7. The van der Waals surface area contributed by atoms with Gasteiger partial charge in [0.25, 0.3) is 0 Å². The molecule has 0 spiro atoms. The molecule has 0 radical (unpaired) electrons. The predicted molar refractivity (Wildman–Crippen MR) is 215 cm³/mol. The van der Waals surface area contributed by atoms with Gasteiger partial charge >= 0.3 is 0 Å². The Balaban J connectivity index is 1.21. The van der Waals surface area contributed by atoms with Crippen molar-refractivity contribution < 1.29 is 0 Å². The normalized spacial score (nSPS) is 12.3. The van der Waals surface area contributed by atoms with Gasteiger partial charge in [0, 0.05) is 60.0 Å². The molecule has 4 aromatic heterocycles. The van der Waals surface area contributed by atoms with Crippen LogP contribution in [0.3, 0.4) is 0 Å². The number of para-hydroxylation sites is 6. The van der Waals surface area contributed by atoms with Crippen LogP contribution in [0.25, 0.3) is 104 Å². The zero-order valence-electron chi connectivity index (χ0n) is 27.6. The van der Waals surface area contributed by atoms with Crippen LogP contribution in [0.1, 0.15) is 0 Å². The number of rotatable bonds is 3. The molecule has 0 bridgehead atoms. The first-order valence-electron chi connectivity index (χ1n) is 17.6. The first-order chi connectivity index (χ1) is 25.3. The van der Waals surface area contributed by atoms with Crippen LogP contribution in [0.4, 0.5) is 0 Å². The van der Waals surface area contributed by atoms with E-state index in [1.165, 1.54) is 104 Å². The van der Waals surface area contributed by atoms with E-state index in [4.69, 9.17) is 0 Å². The van der Waals surface area contributed by atoms with Crippen LogP contribution in [0.15, 0.2) is 176 Å². The summed E-state index contributed by atoms with van der Waals surface area (Å²) in [5.41, 5.74) is 13.5. The molecule has 3 nitrogen and oxygen atoms in total. The molecule has 51 heavy (non-hydrogen) atoms. The summed E-state index contributed by atoms with van der Waals surface area (Å²) in [7, 11) is 0. The summed E-state index contributed by atoms with van der Waals surface area (Å²) in [4.78, 5) is 0. The fourth-order valence-electron chi connectivity index (χ4n) is 9.15. The molecule has 0 atom stereocenters. The van der Waals surface area contributed by atoms with Crippen molar-refractivity contribution in [2.24, 2.45) is 0 Å². The minimum absolute atomic E-state index is 1.17. The van der Waals surface area contributed by atoms with Crippen molar-refractivity contribution in [2.75, 3.05) is 0 Å². The Morgan fingerprint density at radius 3 is 1.59 bits per heavy atom. The lowest BCUT2D eigenvalue weighted by atomic mass is 9.99. The Kier molecular flexibility index (Phi) is 5.23. The summed E-state index contributed by atoms with van der Waals surface area (Å²) >= 11 is 0. The number of nitrogens with zero attached hydrogens (tertiary/aromatic N) is 3. The maximum atomic E-state index is 2.55. The maximum absolute atomic E-state index is 2.55. The van der Waals surface area contributed by atoms with Crippen LogP contribution in [-0.4, -0.2) is 13.5 Å². The van der Waals surface area contributed by atoms with E-state index in [1.54, 1.807) is 0 Å². The quantitative estimate of drug-likeness (QED) is 0.181. The Bertz CT molecular complexity index is 3340. The second kappa shape index (κ2) is 9.87. The van der Waals surface area contributed by atoms with Crippen molar-refractivity contribution in [2.45, 2.75) is 0 Å². The zero-order valence-corrected chi connectivity index (χ0v) is 27.6. The molecule has 0 fully saturated rings. The predicted octanol–water partition coefficient (Wildman–Crippen LogP) is 12.7. The van der Waals surface area contributed by atoms with E-state index in [-0.39, 0.29) is 0 Å². The SMILES string of the molecule is c1ccc(-n2c3ccccc3c3ccc(-c4cccc5c6cccc7c8c9c%10ccccc%10n(-c%10ccccc%10)c9ccc8n(c45)c67)cc32)cc1. The topological polar surface area (TPSA) is 14.3 Å². The van der Waals surface area contributed by atoms with Gasteiger partial charge < -0.3 is 13.5 Å². The maximum Gasteiger partial charge on any atom is 0.0621 e. The molecular formula is C48H29N3. The molecule has 0 saturated heterocycles. The Morgan fingerprint density at radius 2 is 0.824 bits per heavy atom. The molecule has 0 aliphatic rings. The van der Waals surface area contributed by atoms with Gasteiger partial charge in [0.15, 0.2) is 0 Å². The lowest BCUT2D eigenvalue weighted by Gasteiger charge is -2.10. The number of hydrogen-bond acceptors (Lipinski definition) is 0. The van der Waals surface area contributed by atoms with Gasteiger partial charge in [-0.3, -0.25) is 0 Å². The monoisotopic (exact) mass is 647 g/mol. The first-order valence-corrected chi connectivity index (χ1v) is 17.6. The highest BCUT2D eigenvalue weighted by Crippen LogP contribution is 2.47. The highest BCUT2D eigenvalue weighted by Gasteiger charge is 2.24. The third-order valence-electron chi connectivity index (χ3n) is 11.1. The van der Waals surface area contributed by atoms with Gasteiger partial charge in [-0.1, -0.05) is 121 Å². The van der Waals surface area contributed by atoms with Crippen molar-refractivity contribution >= 4 is 81.7 Å². The highest BCUT2D eigenvalue weighted by atomic mass is 15.0. The Morgan fingerprint density at radius 1 is 0.294 bits per heavy atom. The smallest absolute Gasteiger partial charge is 0.0621 e.